The predicted octanol–water partition coefficient (Wildman–Crippen LogP) is 6.04. The number of fused-ring (bicyclic) bond motifs is 3. The van der Waals surface area contributed by atoms with E-state index in [1.165, 1.54) is 24.1 Å². The van der Waals surface area contributed by atoms with Crippen LogP contribution in [0.5, 0.6) is 0 Å². The molecule has 146 valence electrons. The summed E-state index contributed by atoms with van der Waals surface area (Å²) in [4.78, 5) is 13.7. The number of carbonyl (C=O) groups excluding carboxylic acids is 1. The highest BCUT2D eigenvalue weighted by Gasteiger charge is 2.43. The van der Waals surface area contributed by atoms with Crippen LogP contribution in [0, 0.1) is 23.7 Å². The lowest BCUT2D eigenvalue weighted by atomic mass is 9.75. The molecule has 5 atom stereocenters. The van der Waals surface area contributed by atoms with E-state index in [9.17, 15) is 4.79 Å². The number of benzene rings is 1. The fourth-order valence-corrected chi connectivity index (χ4v) is 5.82. The summed E-state index contributed by atoms with van der Waals surface area (Å²) in [6, 6.07) is 10.4. The summed E-state index contributed by atoms with van der Waals surface area (Å²) in [5.74, 6) is 2.72. The number of aromatic nitrogens is 2. The molecule has 1 aromatic heterocycles. The highest BCUT2D eigenvalue weighted by molar-refractivity contribution is 5.87. The molecular weight excluding hydrogens is 344 g/mol. The van der Waals surface area contributed by atoms with Crippen molar-refractivity contribution in [3.8, 4) is 11.3 Å². The van der Waals surface area contributed by atoms with Crippen LogP contribution in [0.15, 0.2) is 42.5 Å². The van der Waals surface area contributed by atoms with Crippen molar-refractivity contribution in [2.24, 2.45) is 23.7 Å². The lowest BCUT2D eigenvalue weighted by molar-refractivity contribution is 0.0798. The number of allylic oxidation sites excluding steroid dienone is 2. The first-order chi connectivity index (χ1) is 13.5. The average molecular weight is 375 g/mol. The molecule has 3 aliphatic rings. The zero-order chi connectivity index (χ0) is 19.4. The monoisotopic (exact) mass is 374 g/mol. The maximum absolute atomic E-state index is 13.7. The van der Waals surface area contributed by atoms with Gasteiger partial charge in [-0.1, -0.05) is 63.3 Å². The van der Waals surface area contributed by atoms with Gasteiger partial charge in [0.2, 0.25) is 0 Å². The van der Waals surface area contributed by atoms with Crippen LogP contribution in [0.2, 0.25) is 0 Å². The Morgan fingerprint density at radius 2 is 1.89 bits per heavy atom. The van der Waals surface area contributed by atoms with E-state index in [-0.39, 0.29) is 11.8 Å². The van der Waals surface area contributed by atoms with Gasteiger partial charge in [0.1, 0.15) is 0 Å². The maximum atomic E-state index is 13.7. The smallest absolute Gasteiger partial charge is 0.251 e. The highest BCUT2D eigenvalue weighted by atomic mass is 16.2. The van der Waals surface area contributed by atoms with E-state index < -0.39 is 0 Å². The van der Waals surface area contributed by atoms with Crippen molar-refractivity contribution >= 4 is 5.91 Å². The van der Waals surface area contributed by atoms with E-state index in [4.69, 9.17) is 5.10 Å². The van der Waals surface area contributed by atoms with Crippen molar-refractivity contribution in [2.45, 2.75) is 58.3 Å². The molecule has 0 amide bonds. The molecular formula is C25H30N2O. The van der Waals surface area contributed by atoms with Gasteiger partial charge in [0, 0.05) is 23.0 Å². The van der Waals surface area contributed by atoms with Gasteiger partial charge in [-0.3, -0.25) is 4.79 Å². The van der Waals surface area contributed by atoms with E-state index in [2.05, 4.69) is 57.2 Å². The molecule has 5 unspecified atom stereocenters. The first kappa shape index (κ1) is 17.9. The third kappa shape index (κ3) is 2.70. The van der Waals surface area contributed by atoms with Gasteiger partial charge in [-0.05, 0) is 49.4 Å². The molecule has 28 heavy (non-hydrogen) atoms. The molecule has 2 bridgehead atoms. The molecule has 3 aliphatic carbocycles. The molecule has 5 rings (SSSR count). The minimum Gasteiger partial charge on any atom is -0.272 e. The van der Waals surface area contributed by atoms with Crippen LogP contribution < -0.4 is 0 Å². The summed E-state index contributed by atoms with van der Waals surface area (Å²) in [6.45, 7) is 6.88. The zero-order valence-electron chi connectivity index (χ0n) is 17.1. The topological polar surface area (TPSA) is 34.9 Å². The standard InChI is InChI=1S/C25H30N2O/c1-15(2)20-12-9-16(3)22-23(20)26-27(24(22)18-7-5-4-6-8-18)25(28)21-14-17-10-11-19(21)13-17/h4-8,10-11,15-17,19-21H,9,12-14H2,1-3H3. The Morgan fingerprint density at radius 1 is 1.11 bits per heavy atom. The molecule has 1 aromatic carbocycles. The molecule has 3 heteroatoms. The maximum Gasteiger partial charge on any atom is 0.251 e. The fourth-order valence-electron chi connectivity index (χ4n) is 5.82. The SMILES string of the molecule is CC1CCC(C(C)C)c2nn(C(=O)C3CC4C=CC3C4)c(-c3ccccc3)c21. The molecule has 0 radical (unpaired) electrons. The number of hydrogen-bond donors (Lipinski definition) is 0. The summed E-state index contributed by atoms with van der Waals surface area (Å²) < 4.78 is 1.82. The van der Waals surface area contributed by atoms with Crippen molar-refractivity contribution < 1.29 is 4.79 Å². The van der Waals surface area contributed by atoms with Gasteiger partial charge in [-0.2, -0.15) is 9.78 Å². The number of nitrogens with zero attached hydrogens (tertiary/aromatic N) is 2. The average Bonchev–Trinajstić information content (AvgIpc) is 3.42. The first-order valence-electron chi connectivity index (χ1n) is 10.9. The predicted molar refractivity (Wildman–Crippen MR) is 112 cm³/mol. The van der Waals surface area contributed by atoms with Gasteiger partial charge >= 0.3 is 0 Å². The molecule has 1 fully saturated rings. The van der Waals surface area contributed by atoms with Crippen LogP contribution in [-0.2, 0) is 0 Å². The van der Waals surface area contributed by atoms with E-state index in [0.29, 0.717) is 29.6 Å². The minimum atomic E-state index is 0.0895. The molecule has 0 saturated heterocycles. The molecule has 1 saturated carbocycles. The summed E-state index contributed by atoms with van der Waals surface area (Å²) >= 11 is 0. The van der Waals surface area contributed by atoms with E-state index in [0.717, 1.165) is 24.1 Å². The summed E-state index contributed by atoms with van der Waals surface area (Å²) in [5, 5.41) is 5.05. The highest BCUT2D eigenvalue weighted by Crippen LogP contribution is 2.48. The molecule has 0 N–H and O–H groups in total. The van der Waals surface area contributed by atoms with Gasteiger partial charge in [-0.15, -0.1) is 0 Å². The van der Waals surface area contributed by atoms with Gasteiger partial charge in [0.15, 0.2) is 0 Å². The lowest BCUT2D eigenvalue weighted by Gasteiger charge is -2.28. The van der Waals surface area contributed by atoms with Gasteiger partial charge in [0.25, 0.3) is 5.91 Å². The number of hydrogen-bond acceptors (Lipinski definition) is 2. The minimum absolute atomic E-state index is 0.0895. The Morgan fingerprint density at radius 3 is 2.54 bits per heavy atom. The largest absolute Gasteiger partial charge is 0.272 e. The first-order valence-corrected chi connectivity index (χ1v) is 10.9. The van der Waals surface area contributed by atoms with Crippen LogP contribution in [0.25, 0.3) is 11.3 Å². The van der Waals surface area contributed by atoms with Crippen molar-refractivity contribution in [3.05, 3.63) is 53.7 Å². The molecule has 0 aliphatic heterocycles. The summed E-state index contributed by atoms with van der Waals surface area (Å²) in [7, 11) is 0. The Hall–Kier alpha value is -2.16. The van der Waals surface area contributed by atoms with E-state index in [1.54, 1.807) is 0 Å². The Labute approximate surface area is 167 Å². The summed E-state index contributed by atoms with van der Waals surface area (Å²) in [5.41, 5.74) is 4.69. The summed E-state index contributed by atoms with van der Waals surface area (Å²) in [6.07, 6.45) is 9.04. The van der Waals surface area contributed by atoms with E-state index in [1.807, 2.05) is 10.7 Å². The van der Waals surface area contributed by atoms with Crippen LogP contribution >= 0.6 is 0 Å². The third-order valence-corrected chi connectivity index (χ3v) is 7.36. The van der Waals surface area contributed by atoms with Gasteiger partial charge < -0.3 is 0 Å². The number of carbonyl (C=O) groups is 1. The van der Waals surface area contributed by atoms with Crippen molar-refractivity contribution in [1.29, 1.82) is 0 Å². The quantitative estimate of drug-likeness (QED) is 0.614. The van der Waals surface area contributed by atoms with Gasteiger partial charge in [0.05, 0.1) is 11.4 Å². The second kappa shape index (κ2) is 6.72. The van der Waals surface area contributed by atoms with Crippen LogP contribution in [0.1, 0.15) is 74.3 Å². The van der Waals surface area contributed by atoms with Gasteiger partial charge in [-0.25, -0.2) is 0 Å². The normalized spacial score (nSPS) is 30.8. The zero-order valence-corrected chi connectivity index (χ0v) is 17.1. The van der Waals surface area contributed by atoms with Crippen LogP contribution in [-0.4, -0.2) is 15.7 Å². The Kier molecular flexibility index (Phi) is 4.30. The molecule has 1 heterocycles. The van der Waals surface area contributed by atoms with Crippen molar-refractivity contribution in [1.82, 2.24) is 9.78 Å². The lowest BCUT2D eigenvalue weighted by Crippen LogP contribution is -2.27. The van der Waals surface area contributed by atoms with Crippen molar-refractivity contribution in [2.75, 3.05) is 0 Å². The third-order valence-electron chi connectivity index (χ3n) is 7.36. The Bertz CT molecular complexity index is 924. The van der Waals surface area contributed by atoms with E-state index >= 15 is 0 Å². The second-order valence-corrected chi connectivity index (χ2v) is 9.48. The molecule has 2 aromatic rings. The molecule has 3 nitrogen and oxygen atoms in total. The van der Waals surface area contributed by atoms with Crippen LogP contribution in [0.4, 0.5) is 0 Å². The fraction of sp³-hybridized carbons (Fsp3) is 0.520. The Balaban J connectivity index is 1.67. The second-order valence-electron chi connectivity index (χ2n) is 9.48. The van der Waals surface area contributed by atoms with Crippen LogP contribution in [0.3, 0.4) is 0 Å². The number of rotatable bonds is 3. The van der Waals surface area contributed by atoms with Crippen molar-refractivity contribution in [3.63, 3.8) is 0 Å². The molecule has 0 spiro atoms.